The van der Waals surface area contributed by atoms with E-state index in [0.717, 1.165) is 15.6 Å². The summed E-state index contributed by atoms with van der Waals surface area (Å²) in [7, 11) is -4.07. The highest BCUT2D eigenvalue weighted by Crippen LogP contribution is 2.40. The van der Waals surface area contributed by atoms with Gasteiger partial charge in [-0.1, -0.05) is 18.2 Å². The molecular formula is C21H20F3N5O2S2. The summed E-state index contributed by atoms with van der Waals surface area (Å²) < 4.78 is 67.1. The van der Waals surface area contributed by atoms with Crippen LogP contribution in [0.15, 0.2) is 53.8 Å². The molecule has 0 bridgehead atoms. The number of thiophene rings is 1. The number of nitrogens with zero attached hydrogens (tertiary/aromatic N) is 4. The predicted octanol–water partition coefficient (Wildman–Crippen LogP) is 5.32. The zero-order valence-corrected chi connectivity index (χ0v) is 19.1. The van der Waals surface area contributed by atoms with Crippen molar-refractivity contribution in [1.82, 2.24) is 20.2 Å². The molecule has 0 saturated carbocycles. The lowest BCUT2D eigenvalue weighted by Gasteiger charge is -2.24. The summed E-state index contributed by atoms with van der Waals surface area (Å²) >= 11 is 1.30. The molecule has 7 nitrogen and oxygen atoms in total. The normalized spacial score (nSPS) is 12.4. The second-order valence-electron chi connectivity index (χ2n) is 7.39. The lowest BCUT2D eigenvalue weighted by Crippen LogP contribution is -2.32. The number of aromatic amines is 1. The average molecular weight is 496 g/mol. The van der Waals surface area contributed by atoms with E-state index in [4.69, 9.17) is 0 Å². The molecule has 0 radical (unpaired) electrons. The van der Waals surface area contributed by atoms with Crippen molar-refractivity contribution < 1.29 is 21.6 Å². The molecule has 0 fully saturated rings. The molecule has 1 N–H and O–H groups in total. The zero-order chi connectivity index (χ0) is 23.6. The molecule has 3 aromatic heterocycles. The van der Waals surface area contributed by atoms with Crippen molar-refractivity contribution in [2.45, 2.75) is 37.3 Å². The van der Waals surface area contributed by atoms with Crippen molar-refractivity contribution in [3.63, 3.8) is 0 Å². The molecule has 0 atom stereocenters. The molecular weight excluding hydrogens is 475 g/mol. The van der Waals surface area contributed by atoms with Crippen LogP contribution in [-0.2, 0) is 10.0 Å². The summed E-state index contributed by atoms with van der Waals surface area (Å²) in [5.41, 5.74) is 1.18. The van der Waals surface area contributed by atoms with E-state index in [2.05, 4.69) is 20.2 Å². The fraction of sp³-hybridized carbons (Fsp3) is 0.286. The number of aryl methyl sites for hydroxylation is 1. The highest BCUT2D eigenvalue weighted by molar-refractivity contribution is 7.93. The molecule has 0 aliphatic rings. The third kappa shape index (κ3) is 5.01. The number of alkyl halides is 3. The van der Waals surface area contributed by atoms with Crippen LogP contribution in [0.4, 0.5) is 18.2 Å². The van der Waals surface area contributed by atoms with Crippen LogP contribution in [0.2, 0.25) is 0 Å². The van der Waals surface area contributed by atoms with Crippen LogP contribution in [0.5, 0.6) is 0 Å². The Morgan fingerprint density at radius 3 is 2.52 bits per heavy atom. The molecule has 0 amide bonds. The maximum absolute atomic E-state index is 13.6. The Morgan fingerprint density at radius 2 is 1.88 bits per heavy atom. The van der Waals surface area contributed by atoms with Crippen molar-refractivity contribution in [2.24, 2.45) is 0 Å². The molecule has 12 heteroatoms. The number of anilines is 1. The SMILES string of the molecule is Cc1c(N(CCCCC(F)(F)F)S(=O)(=O)c2ccc(-c3ncn[nH]3)nc2)sc2ccccc12. The van der Waals surface area contributed by atoms with E-state index in [1.54, 1.807) is 0 Å². The fourth-order valence-corrected chi connectivity index (χ4v) is 6.39. The van der Waals surface area contributed by atoms with Gasteiger partial charge < -0.3 is 0 Å². The number of rotatable bonds is 8. The van der Waals surface area contributed by atoms with Crippen LogP contribution in [0, 0.1) is 6.92 Å². The van der Waals surface area contributed by atoms with Gasteiger partial charge in [0, 0.05) is 23.9 Å². The maximum Gasteiger partial charge on any atom is 0.389 e. The molecule has 0 unspecified atom stereocenters. The molecule has 0 aliphatic heterocycles. The molecule has 1 aromatic carbocycles. The van der Waals surface area contributed by atoms with E-state index >= 15 is 0 Å². The molecule has 4 aromatic rings. The first-order valence-electron chi connectivity index (χ1n) is 10.1. The van der Waals surface area contributed by atoms with Gasteiger partial charge in [-0.25, -0.2) is 13.4 Å². The smallest absolute Gasteiger partial charge is 0.258 e. The number of pyridine rings is 1. The summed E-state index contributed by atoms with van der Waals surface area (Å²) in [4.78, 5) is 8.10. The van der Waals surface area contributed by atoms with Crippen molar-refractivity contribution in [3.8, 4) is 11.5 Å². The Kier molecular flexibility index (Phi) is 6.39. The molecule has 174 valence electrons. The maximum atomic E-state index is 13.6. The highest BCUT2D eigenvalue weighted by atomic mass is 32.2. The minimum atomic E-state index is -4.28. The number of hydrogen-bond acceptors (Lipinski definition) is 6. The summed E-state index contributed by atoms with van der Waals surface area (Å²) in [6.07, 6.45) is -2.80. The number of nitrogens with one attached hydrogen (secondary N) is 1. The van der Waals surface area contributed by atoms with Crippen molar-refractivity contribution in [1.29, 1.82) is 0 Å². The van der Waals surface area contributed by atoms with E-state index in [1.807, 2.05) is 31.2 Å². The number of benzene rings is 1. The topological polar surface area (TPSA) is 91.8 Å². The molecule has 3 heterocycles. The third-order valence-corrected chi connectivity index (χ3v) is 8.29. The highest BCUT2D eigenvalue weighted by Gasteiger charge is 2.30. The Labute approximate surface area is 192 Å². The number of halogens is 3. The van der Waals surface area contributed by atoms with Crippen LogP contribution >= 0.6 is 11.3 Å². The number of unbranched alkanes of at least 4 members (excludes halogenated alkanes) is 1. The average Bonchev–Trinajstić information content (AvgIpc) is 3.42. The quantitative estimate of drug-likeness (QED) is 0.334. The first-order valence-corrected chi connectivity index (χ1v) is 12.3. The zero-order valence-electron chi connectivity index (χ0n) is 17.5. The van der Waals surface area contributed by atoms with Gasteiger partial charge in [0.2, 0.25) is 0 Å². The molecule has 4 rings (SSSR count). The van der Waals surface area contributed by atoms with Crippen molar-refractivity contribution in [2.75, 3.05) is 10.8 Å². The van der Waals surface area contributed by atoms with Crippen LogP contribution < -0.4 is 4.31 Å². The van der Waals surface area contributed by atoms with Gasteiger partial charge in [0.15, 0.2) is 5.82 Å². The monoisotopic (exact) mass is 495 g/mol. The Balaban J connectivity index is 1.68. The summed E-state index contributed by atoms with van der Waals surface area (Å²) in [6.45, 7) is 1.74. The van der Waals surface area contributed by atoms with Gasteiger partial charge in [-0.05, 0) is 48.9 Å². The molecule has 33 heavy (non-hydrogen) atoms. The van der Waals surface area contributed by atoms with Gasteiger partial charge in [-0.15, -0.1) is 11.3 Å². The standard InChI is InChI=1S/C21H20F3N5O2S2/c1-14-16-6-2-3-7-18(16)32-20(14)29(11-5-4-10-21(22,23)24)33(30,31)15-8-9-17(25-12-15)19-26-13-27-28-19/h2-3,6-9,12-13H,4-5,10-11H2,1H3,(H,26,27,28). The van der Waals surface area contributed by atoms with E-state index < -0.39 is 22.6 Å². The summed E-state index contributed by atoms with van der Waals surface area (Å²) in [5, 5.41) is 7.80. The van der Waals surface area contributed by atoms with Crippen LogP contribution in [-0.4, -0.2) is 41.3 Å². The van der Waals surface area contributed by atoms with Crippen LogP contribution in [0.25, 0.3) is 21.6 Å². The number of hydrogen-bond donors (Lipinski definition) is 1. The van der Waals surface area contributed by atoms with Crippen molar-refractivity contribution >= 4 is 36.4 Å². The van der Waals surface area contributed by atoms with Gasteiger partial charge in [0.1, 0.15) is 21.9 Å². The third-order valence-electron chi connectivity index (χ3n) is 5.10. The lowest BCUT2D eigenvalue weighted by molar-refractivity contribution is -0.135. The van der Waals surface area contributed by atoms with Crippen LogP contribution in [0.3, 0.4) is 0 Å². The summed E-state index contributed by atoms with van der Waals surface area (Å²) in [5.74, 6) is 0.392. The van der Waals surface area contributed by atoms with E-state index in [0.29, 0.717) is 16.5 Å². The number of sulfonamides is 1. The van der Waals surface area contributed by atoms with E-state index in [-0.39, 0.29) is 24.3 Å². The minimum absolute atomic E-state index is 0.0570. The van der Waals surface area contributed by atoms with Gasteiger partial charge in [0.05, 0.1) is 0 Å². The fourth-order valence-electron chi connectivity index (χ4n) is 3.44. The summed E-state index contributed by atoms with van der Waals surface area (Å²) in [6, 6.07) is 10.4. The van der Waals surface area contributed by atoms with Crippen molar-refractivity contribution in [3.05, 3.63) is 54.5 Å². The molecule has 0 saturated heterocycles. The minimum Gasteiger partial charge on any atom is -0.258 e. The second kappa shape index (κ2) is 9.10. The number of H-pyrrole nitrogens is 1. The number of aromatic nitrogens is 4. The Hall–Kier alpha value is -2.99. The van der Waals surface area contributed by atoms with Crippen LogP contribution in [0.1, 0.15) is 24.8 Å². The largest absolute Gasteiger partial charge is 0.389 e. The first-order chi connectivity index (χ1) is 15.7. The van der Waals surface area contributed by atoms with Gasteiger partial charge >= 0.3 is 6.18 Å². The molecule has 0 aliphatic carbocycles. The van der Waals surface area contributed by atoms with Gasteiger partial charge in [-0.2, -0.15) is 18.3 Å². The Morgan fingerprint density at radius 1 is 1.09 bits per heavy atom. The van der Waals surface area contributed by atoms with Gasteiger partial charge in [0.25, 0.3) is 10.0 Å². The number of fused-ring (bicyclic) bond motifs is 1. The lowest BCUT2D eigenvalue weighted by atomic mass is 10.2. The first kappa shape index (κ1) is 23.2. The molecule has 0 spiro atoms. The second-order valence-corrected chi connectivity index (χ2v) is 10.3. The van der Waals surface area contributed by atoms with Gasteiger partial charge in [-0.3, -0.25) is 14.4 Å². The predicted molar refractivity (Wildman–Crippen MR) is 121 cm³/mol. The Bertz CT molecular complexity index is 1330. The van der Waals surface area contributed by atoms with E-state index in [1.165, 1.54) is 40.3 Å². The van der Waals surface area contributed by atoms with E-state index in [9.17, 15) is 21.6 Å².